The van der Waals surface area contributed by atoms with Crippen molar-refractivity contribution in [3.63, 3.8) is 0 Å². The highest BCUT2D eigenvalue weighted by atomic mass is 32.2. The molecule has 2 N–H and O–H groups in total. The van der Waals surface area contributed by atoms with Crippen LogP contribution in [0.4, 0.5) is 5.69 Å². The lowest BCUT2D eigenvalue weighted by atomic mass is 10.0. The highest BCUT2D eigenvalue weighted by Gasteiger charge is 2.23. The summed E-state index contributed by atoms with van der Waals surface area (Å²) in [6, 6.07) is 4.72. The van der Waals surface area contributed by atoms with E-state index in [1.54, 1.807) is 6.07 Å². The number of carboxylic acids is 1. The number of carboxylic acid groups (broad SMARTS) is 1. The first-order chi connectivity index (χ1) is 9.59. The minimum absolute atomic E-state index is 0.214. The molecule has 2 rings (SSSR count). The summed E-state index contributed by atoms with van der Waals surface area (Å²) in [7, 11) is 0. The van der Waals surface area contributed by atoms with Gasteiger partial charge in [0.2, 0.25) is 0 Å². The van der Waals surface area contributed by atoms with Crippen LogP contribution in [-0.4, -0.2) is 33.5 Å². The maximum atomic E-state index is 11.3. The Labute approximate surface area is 120 Å². The van der Waals surface area contributed by atoms with Gasteiger partial charge in [0.25, 0.3) is 5.69 Å². The summed E-state index contributed by atoms with van der Waals surface area (Å²) in [5.41, 5.74) is -0.106. The molecular weight excluding hydrogens is 280 g/mol. The first-order valence-corrected chi connectivity index (χ1v) is 7.55. The van der Waals surface area contributed by atoms with Gasteiger partial charge in [-0.1, -0.05) is 12.1 Å². The fourth-order valence-electron chi connectivity index (χ4n) is 2.29. The fraction of sp³-hybridized carbons (Fsp3) is 0.462. The van der Waals surface area contributed by atoms with Gasteiger partial charge in [-0.05, 0) is 24.2 Å². The number of hydrogen-bond donors (Lipinski definition) is 2. The number of nitro groups is 1. The Morgan fingerprint density at radius 2 is 2.35 bits per heavy atom. The molecule has 1 aliphatic heterocycles. The number of aromatic carboxylic acids is 1. The first-order valence-electron chi connectivity index (χ1n) is 6.40. The van der Waals surface area contributed by atoms with Crippen molar-refractivity contribution in [3.8, 4) is 0 Å². The molecule has 108 valence electrons. The topological polar surface area (TPSA) is 92.5 Å². The number of nitro benzene ring substituents is 1. The number of nitrogens with zero attached hydrogens (tertiary/aromatic N) is 1. The minimum Gasteiger partial charge on any atom is -0.477 e. The van der Waals surface area contributed by atoms with E-state index in [-0.39, 0.29) is 11.3 Å². The van der Waals surface area contributed by atoms with Gasteiger partial charge in [0.15, 0.2) is 0 Å². The summed E-state index contributed by atoms with van der Waals surface area (Å²) in [6.07, 6.45) is 2.20. The van der Waals surface area contributed by atoms with E-state index in [0.717, 1.165) is 24.3 Å². The molecule has 0 saturated carbocycles. The van der Waals surface area contributed by atoms with Gasteiger partial charge in [-0.15, -0.1) is 0 Å². The van der Waals surface area contributed by atoms with E-state index < -0.39 is 10.9 Å². The lowest BCUT2D eigenvalue weighted by molar-refractivity contribution is -0.385. The molecule has 1 unspecified atom stereocenters. The van der Waals surface area contributed by atoms with Crippen LogP contribution in [-0.2, 0) is 6.54 Å². The third-order valence-electron chi connectivity index (χ3n) is 3.28. The molecule has 0 aliphatic carbocycles. The van der Waals surface area contributed by atoms with Crippen molar-refractivity contribution < 1.29 is 14.8 Å². The molecule has 0 amide bonds. The summed E-state index contributed by atoms with van der Waals surface area (Å²) in [5, 5.41) is 23.4. The highest BCUT2D eigenvalue weighted by Crippen LogP contribution is 2.23. The lowest BCUT2D eigenvalue weighted by Gasteiger charge is -2.22. The third-order valence-corrected chi connectivity index (χ3v) is 4.50. The average Bonchev–Trinajstić information content (AvgIpc) is 2.45. The van der Waals surface area contributed by atoms with Crippen LogP contribution in [0.5, 0.6) is 0 Å². The summed E-state index contributed by atoms with van der Waals surface area (Å²) in [5.74, 6) is 0.902. The zero-order valence-corrected chi connectivity index (χ0v) is 11.7. The van der Waals surface area contributed by atoms with Gasteiger partial charge in [-0.25, -0.2) is 4.79 Å². The van der Waals surface area contributed by atoms with Crippen molar-refractivity contribution in [2.75, 3.05) is 11.5 Å². The standard InChI is InChI=1S/C13H16N2O4S/c16-13(17)12-9(3-1-5-11(12)15(18)19)7-14-10-4-2-6-20-8-10/h1,3,5,10,14H,2,4,6-8H2,(H,16,17). The Balaban J connectivity index is 2.16. The molecule has 6 nitrogen and oxygen atoms in total. The molecule has 1 aromatic carbocycles. The molecule has 1 atom stereocenters. The number of nitrogens with one attached hydrogen (secondary N) is 1. The van der Waals surface area contributed by atoms with Gasteiger partial charge in [0.1, 0.15) is 5.56 Å². The van der Waals surface area contributed by atoms with Crippen molar-refractivity contribution in [3.05, 3.63) is 39.4 Å². The van der Waals surface area contributed by atoms with Crippen molar-refractivity contribution in [2.45, 2.75) is 25.4 Å². The zero-order valence-electron chi connectivity index (χ0n) is 10.9. The molecule has 1 aromatic rings. The number of carbonyl (C=O) groups is 1. The molecule has 7 heteroatoms. The van der Waals surface area contributed by atoms with Crippen LogP contribution in [0.1, 0.15) is 28.8 Å². The second-order valence-corrected chi connectivity index (χ2v) is 5.82. The zero-order chi connectivity index (χ0) is 14.5. The third kappa shape index (κ3) is 3.49. The van der Waals surface area contributed by atoms with E-state index in [2.05, 4.69) is 5.32 Å². The smallest absolute Gasteiger partial charge is 0.343 e. The normalized spacial score (nSPS) is 18.7. The van der Waals surface area contributed by atoms with Crippen molar-refractivity contribution in [2.24, 2.45) is 0 Å². The SMILES string of the molecule is O=C(O)c1c(CNC2CCCSC2)cccc1[N+](=O)[O-]. The van der Waals surface area contributed by atoms with E-state index in [9.17, 15) is 20.0 Å². The van der Waals surface area contributed by atoms with Crippen molar-refractivity contribution in [1.29, 1.82) is 0 Å². The molecule has 1 aliphatic rings. The largest absolute Gasteiger partial charge is 0.477 e. The molecule has 1 heterocycles. The Morgan fingerprint density at radius 3 is 2.95 bits per heavy atom. The Bertz CT molecular complexity index is 515. The van der Waals surface area contributed by atoms with Crippen LogP contribution < -0.4 is 5.32 Å². The van der Waals surface area contributed by atoms with E-state index in [1.807, 2.05) is 11.8 Å². The maximum absolute atomic E-state index is 11.3. The van der Waals surface area contributed by atoms with Crippen molar-refractivity contribution in [1.82, 2.24) is 5.32 Å². The highest BCUT2D eigenvalue weighted by molar-refractivity contribution is 7.99. The van der Waals surface area contributed by atoms with Crippen LogP contribution in [0.15, 0.2) is 18.2 Å². The number of hydrogen-bond acceptors (Lipinski definition) is 5. The van der Waals surface area contributed by atoms with Crippen LogP contribution in [0.2, 0.25) is 0 Å². The van der Waals surface area contributed by atoms with Crippen molar-refractivity contribution >= 4 is 23.4 Å². The van der Waals surface area contributed by atoms with Crippen LogP contribution in [0.25, 0.3) is 0 Å². The number of benzene rings is 1. The minimum atomic E-state index is -1.26. The van der Waals surface area contributed by atoms with Crippen LogP contribution in [0, 0.1) is 10.1 Å². The quantitative estimate of drug-likeness (QED) is 0.639. The Hall–Kier alpha value is -1.60. The average molecular weight is 296 g/mol. The molecule has 20 heavy (non-hydrogen) atoms. The Morgan fingerprint density at radius 1 is 1.55 bits per heavy atom. The number of rotatable bonds is 5. The predicted octanol–water partition coefficient (Wildman–Crippen LogP) is 2.28. The van der Waals surface area contributed by atoms with Gasteiger partial charge < -0.3 is 10.4 Å². The van der Waals surface area contributed by atoms with Crippen LogP contribution >= 0.6 is 11.8 Å². The van der Waals surface area contributed by atoms with E-state index in [0.29, 0.717) is 18.2 Å². The summed E-state index contributed by atoms with van der Waals surface area (Å²) in [6.45, 7) is 0.342. The van der Waals surface area contributed by atoms with E-state index >= 15 is 0 Å². The molecule has 0 radical (unpaired) electrons. The molecule has 1 saturated heterocycles. The lowest BCUT2D eigenvalue weighted by Crippen LogP contribution is -2.33. The van der Waals surface area contributed by atoms with Gasteiger partial charge in [-0.3, -0.25) is 10.1 Å². The summed E-state index contributed by atoms with van der Waals surface area (Å²) < 4.78 is 0. The van der Waals surface area contributed by atoms with Gasteiger partial charge in [-0.2, -0.15) is 11.8 Å². The summed E-state index contributed by atoms with van der Waals surface area (Å²) in [4.78, 5) is 21.5. The van der Waals surface area contributed by atoms with Gasteiger partial charge in [0, 0.05) is 24.4 Å². The fourth-order valence-corrected chi connectivity index (χ4v) is 3.40. The second-order valence-electron chi connectivity index (χ2n) is 4.67. The monoisotopic (exact) mass is 296 g/mol. The Kier molecular flexibility index (Phi) is 4.97. The molecule has 0 bridgehead atoms. The van der Waals surface area contributed by atoms with E-state index in [4.69, 9.17) is 0 Å². The van der Waals surface area contributed by atoms with Gasteiger partial charge in [0.05, 0.1) is 4.92 Å². The summed E-state index contributed by atoms with van der Waals surface area (Å²) >= 11 is 1.87. The molecular formula is C13H16N2O4S. The number of thioether (sulfide) groups is 1. The second kappa shape index (κ2) is 6.71. The molecule has 0 aromatic heterocycles. The molecule has 1 fully saturated rings. The van der Waals surface area contributed by atoms with Gasteiger partial charge >= 0.3 is 5.97 Å². The first kappa shape index (κ1) is 14.8. The molecule has 0 spiro atoms. The predicted molar refractivity (Wildman–Crippen MR) is 77.2 cm³/mol. The van der Waals surface area contributed by atoms with Crippen LogP contribution in [0.3, 0.4) is 0 Å². The maximum Gasteiger partial charge on any atom is 0.343 e. The van der Waals surface area contributed by atoms with E-state index in [1.165, 1.54) is 12.1 Å².